The number of hydrogen-bond acceptors (Lipinski definition) is 2. The standard InChI is InChI=1S/C26H8F22O2/c27-11-9(12(28)16(32)19(35)15(11)31)5-49-21(23(37,38)39,24(40,41)42)7-2-1-3-8(4-7)22(25(43,44)45,26(46,47)48)50-6-10-13(29)17(33)20(36)18(34)14(10)30/h1-4H,5-6H2. The molecule has 3 rings (SSSR count). The summed E-state index contributed by atoms with van der Waals surface area (Å²) in [5.74, 6) is -29.9. The quantitative estimate of drug-likeness (QED) is 0.129. The van der Waals surface area contributed by atoms with Crippen LogP contribution in [-0.4, -0.2) is 24.7 Å². The lowest BCUT2D eigenvalue weighted by Gasteiger charge is -2.40. The maximum Gasteiger partial charge on any atom is 0.430 e. The average Bonchev–Trinajstić information content (AvgIpc) is 2.98. The van der Waals surface area contributed by atoms with Crippen molar-refractivity contribution in [2.75, 3.05) is 0 Å². The van der Waals surface area contributed by atoms with Gasteiger partial charge in [0.2, 0.25) is 11.6 Å². The Morgan fingerprint density at radius 3 is 0.800 bits per heavy atom. The fourth-order valence-electron chi connectivity index (χ4n) is 4.34. The first-order valence-corrected chi connectivity index (χ1v) is 12.2. The van der Waals surface area contributed by atoms with Crippen molar-refractivity contribution in [3.05, 3.63) is 105 Å². The number of rotatable bonds is 8. The molecule has 24 heteroatoms. The van der Waals surface area contributed by atoms with E-state index in [1.165, 1.54) is 0 Å². The molecule has 0 atom stereocenters. The molecule has 50 heavy (non-hydrogen) atoms. The number of halogens is 22. The van der Waals surface area contributed by atoms with Crippen molar-refractivity contribution in [2.24, 2.45) is 0 Å². The topological polar surface area (TPSA) is 18.5 Å². The first kappa shape index (κ1) is 40.5. The molecule has 0 N–H and O–H groups in total. The zero-order valence-corrected chi connectivity index (χ0v) is 22.9. The lowest BCUT2D eigenvalue weighted by atomic mass is 9.85. The number of benzene rings is 3. The zero-order valence-electron chi connectivity index (χ0n) is 22.9. The highest BCUT2D eigenvalue weighted by Crippen LogP contribution is 2.57. The smallest absolute Gasteiger partial charge is 0.349 e. The van der Waals surface area contributed by atoms with Crippen molar-refractivity contribution in [1.82, 2.24) is 0 Å². The summed E-state index contributed by atoms with van der Waals surface area (Å²) >= 11 is 0. The zero-order chi connectivity index (χ0) is 38.7. The van der Waals surface area contributed by atoms with E-state index < -0.39 is 148 Å². The molecule has 0 aliphatic rings. The molecule has 3 aromatic rings. The monoisotopic (exact) mass is 770 g/mol. The Morgan fingerprint density at radius 2 is 0.580 bits per heavy atom. The second-order valence-corrected chi connectivity index (χ2v) is 9.61. The van der Waals surface area contributed by atoms with Crippen LogP contribution in [0.3, 0.4) is 0 Å². The molecule has 0 amide bonds. The van der Waals surface area contributed by atoms with E-state index in [0.717, 1.165) is 0 Å². The molecule has 0 bridgehead atoms. The van der Waals surface area contributed by atoms with E-state index in [9.17, 15) is 96.6 Å². The Labute approximate surface area is 260 Å². The third kappa shape index (κ3) is 6.27. The van der Waals surface area contributed by atoms with Crippen LogP contribution in [0, 0.1) is 58.2 Å². The van der Waals surface area contributed by atoms with Gasteiger partial charge in [-0.3, -0.25) is 0 Å². The van der Waals surface area contributed by atoms with Crippen LogP contribution in [0.25, 0.3) is 0 Å². The molecule has 0 radical (unpaired) electrons. The molecule has 0 heterocycles. The van der Waals surface area contributed by atoms with Crippen LogP contribution >= 0.6 is 0 Å². The van der Waals surface area contributed by atoms with E-state index in [-0.39, 0.29) is 6.07 Å². The number of alkyl halides is 12. The van der Waals surface area contributed by atoms with Crippen molar-refractivity contribution >= 4 is 0 Å². The minimum Gasteiger partial charge on any atom is -0.349 e. The highest BCUT2D eigenvalue weighted by atomic mass is 19.4. The molecule has 0 fully saturated rings. The molecule has 0 aliphatic heterocycles. The van der Waals surface area contributed by atoms with Crippen LogP contribution in [0.2, 0.25) is 0 Å². The molecule has 278 valence electrons. The highest BCUT2D eigenvalue weighted by molar-refractivity contribution is 5.37. The summed E-state index contributed by atoms with van der Waals surface area (Å²) in [6.45, 7) is -5.81. The summed E-state index contributed by atoms with van der Waals surface area (Å²) in [5.41, 5.74) is -23.3. The molecular weight excluding hydrogens is 762 g/mol. The predicted octanol–water partition coefficient (Wildman–Crippen LogP) is 10.2. The van der Waals surface area contributed by atoms with Crippen LogP contribution in [0.5, 0.6) is 0 Å². The average molecular weight is 770 g/mol. The SMILES string of the molecule is Fc1c(F)c(F)c(COC(c2cccc(C(OCc3c(F)c(F)c(F)c(F)c3F)(C(F)(F)F)C(F)(F)F)c2)(C(F)(F)F)C(F)(F)F)c(F)c1F. The fraction of sp³-hybridized carbons (Fsp3) is 0.308. The van der Waals surface area contributed by atoms with Gasteiger partial charge in [0.05, 0.1) is 24.3 Å². The molecule has 0 spiro atoms. The summed E-state index contributed by atoms with van der Waals surface area (Å²) in [7, 11) is 0. The molecule has 3 aromatic carbocycles. The van der Waals surface area contributed by atoms with Gasteiger partial charge in [-0.1, -0.05) is 18.2 Å². The molecule has 0 saturated carbocycles. The van der Waals surface area contributed by atoms with Gasteiger partial charge in [-0.2, -0.15) is 52.7 Å². The third-order valence-corrected chi connectivity index (χ3v) is 6.74. The molecule has 0 saturated heterocycles. The summed E-state index contributed by atoms with van der Waals surface area (Å²) in [6.07, 6.45) is -28.5. The minimum atomic E-state index is -7.14. The Morgan fingerprint density at radius 1 is 0.360 bits per heavy atom. The normalized spacial score (nSPS) is 13.7. The third-order valence-electron chi connectivity index (χ3n) is 6.74. The maximum atomic E-state index is 14.2. The number of ether oxygens (including phenoxy) is 2. The molecule has 0 aliphatic carbocycles. The van der Waals surface area contributed by atoms with Gasteiger partial charge in [0.1, 0.15) is 0 Å². The van der Waals surface area contributed by atoms with Gasteiger partial charge in [0.15, 0.2) is 46.5 Å². The molecule has 0 unspecified atom stereocenters. The Balaban J connectivity index is 2.36. The van der Waals surface area contributed by atoms with Gasteiger partial charge in [-0.05, 0) is 6.07 Å². The minimum absolute atomic E-state index is 0.382. The summed E-state index contributed by atoms with van der Waals surface area (Å²) in [6, 6.07) is -2.65. The second kappa shape index (κ2) is 13.0. The Hall–Kier alpha value is -3.96. The fourth-order valence-corrected chi connectivity index (χ4v) is 4.34. The van der Waals surface area contributed by atoms with Gasteiger partial charge < -0.3 is 9.47 Å². The largest absolute Gasteiger partial charge is 0.430 e. The van der Waals surface area contributed by atoms with Crippen LogP contribution in [0.15, 0.2) is 24.3 Å². The maximum absolute atomic E-state index is 14.2. The van der Waals surface area contributed by atoms with Crippen molar-refractivity contribution in [1.29, 1.82) is 0 Å². The van der Waals surface area contributed by atoms with Crippen molar-refractivity contribution in [2.45, 2.75) is 49.1 Å². The van der Waals surface area contributed by atoms with Crippen LogP contribution < -0.4 is 0 Å². The van der Waals surface area contributed by atoms with Gasteiger partial charge in [0.25, 0.3) is 11.2 Å². The van der Waals surface area contributed by atoms with E-state index in [1.54, 1.807) is 0 Å². The lowest BCUT2D eigenvalue weighted by molar-refractivity contribution is -0.394. The first-order chi connectivity index (χ1) is 22.5. The van der Waals surface area contributed by atoms with Crippen molar-refractivity contribution in [3.63, 3.8) is 0 Å². The summed E-state index contributed by atoms with van der Waals surface area (Å²) in [5, 5.41) is 0. The molecule has 0 aromatic heterocycles. The van der Waals surface area contributed by atoms with Gasteiger partial charge in [-0.25, -0.2) is 43.9 Å². The van der Waals surface area contributed by atoms with Crippen molar-refractivity contribution in [3.8, 4) is 0 Å². The van der Waals surface area contributed by atoms with Crippen molar-refractivity contribution < 1.29 is 106 Å². The van der Waals surface area contributed by atoms with Gasteiger partial charge in [-0.15, -0.1) is 0 Å². The van der Waals surface area contributed by atoms with Gasteiger partial charge in [0, 0.05) is 11.1 Å². The van der Waals surface area contributed by atoms with Crippen LogP contribution in [-0.2, 0) is 33.9 Å². The van der Waals surface area contributed by atoms with Gasteiger partial charge >= 0.3 is 24.7 Å². The molecule has 2 nitrogen and oxygen atoms in total. The predicted molar refractivity (Wildman–Crippen MR) is 116 cm³/mol. The Kier molecular flexibility index (Phi) is 10.5. The van der Waals surface area contributed by atoms with E-state index in [2.05, 4.69) is 9.47 Å². The Bertz CT molecular complexity index is 1560. The van der Waals surface area contributed by atoms with E-state index in [4.69, 9.17) is 0 Å². The van der Waals surface area contributed by atoms with E-state index in [1.807, 2.05) is 0 Å². The van der Waals surface area contributed by atoms with Crippen LogP contribution in [0.1, 0.15) is 22.3 Å². The van der Waals surface area contributed by atoms with E-state index >= 15 is 0 Å². The number of hydrogen-bond donors (Lipinski definition) is 0. The highest BCUT2D eigenvalue weighted by Gasteiger charge is 2.76. The summed E-state index contributed by atoms with van der Waals surface area (Å²) < 4.78 is 315. The van der Waals surface area contributed by atoms with Crippen LogP contribution in [0.4, 0.5) is 96.6 Å². The first-order valence-electron chi connectivity index (χ1n) is 12.2. The molecular formula is C26H8F22O2. The van der Waals surface area contributed by atoms with E-state index in [0.29, 0.717) is 0 Å². The lowest BCUT2D eigenvalue weighted by Crippen LogP contribution is -2.57. The summed E-state index contributed by atoms with van der Waals surface area (Å²) in [4.78, 5) is 0. The second-order valence-electron chi connectivity index (χ2n) is 9.61.